The van der Waals surface area contributed by atoms with Crippen LogP contribution in [0.3, 0.4) is 0 Å². The molecule has 2 aliphatic rings. The first-order valence-electron chi connectivity index (χ1n) is 7.86. The van der Waals surface area contributed by atoms with E-state index in [4.69, 9.17) is 9.84 Å². The predicted molar refractivity (Wildman–Crippen MR) is 94.9 cm³/mol. The van der Waals surface area contributed by atoms with Crippen molar-refractivity contribution in [3.63, 3.8) is 0 Å². The molecule has 5 heteroatoms. The molecule has 0 radical (unpaired) electrons. The number of hydrogen-bond donors (Lipinski definition) is 1. The van der Waals surface area contributed by atoms with Gasteiger partial charge in [-0.05, 0) is 36.8 Å². The van der Waals surface area contributed by atoms with Crippen molar-refractivity contribution in [1.29, 1.82) is 0 Å². The van der Waals surface area contributed by atoms with Crippen LogP contribution in [0.25, 0.3) is 0 Å². The number of ether oxygens (including phenoxy) is 1. The number of fused-ring (bicyclic) bond motifs is 2. The minimum atomic E-state index is 0.760. The number of para-hydroxylation sites is 1. The van der Waals surface area contributed by atoms with Crippen molar-refractivity contribution in [3.8, 4) is 0 Å². The first-order valence-corrected chi connectivity index (χ1v) is 8.67. The van der Waals surface area contributed by atoms with Crippen molar-refractivity contribution >= 4 is 28.8 Å². The Bertz CT molecular complexity index is 754. The molecule has 1 N–H and O–H groups in total. The smallest absolute Gasteiger partial charge is 0.0659 e. The van der Waals surface area contributed by atoms with E-state index in [2.05, 4.69) is 59.7 Å². The Hall–Kier alpha value is -1.98. The summed E-state index contributed by atoms with van der Waals surface area (Å²) in [6.45, 7) is 5.32. The van der Waals surface area contributed by atoms with Crippen LogP contribution in [0.15, 0.2) is 57.4 Å². The summed E-state index contributed by atoms with van der Waals surface area (Å²) in [4.78, 5) is 2.53. The highest BCUT2D eigenvalue weighted by atomic mass is 32.2. The van der Waals surface area contributed by atoms with Crippen molar-refractivity contribution in [2.75, 3.05) is 31.6 Å². The van der Waals surface area contributed by atoms with Gasteiger partial charge in [0, 0.05) is 9.79 Å². The first-order chi connectivity index (χ1) is 11.3. The highest BCUT2D eigenvalue weighted by Gasteiger charge is 2.16. The second-order valence-electron chi connectivity index (χ2n) is 5.69. The molecule has 1 saturated heterocycles. The SMILES string of the molecule is C/C(=N\N1CCOCC1)c1ccc2c(c1)Nc1ccccc1S2. The standard InChI is InChI=1S/C18H19N3OS/c1-13(20-21-8-10-22-11-9-21)14-6-7-18-16(12-14)19-15-4-2-3-5-17(15)23-18/h2-7,12,19H,8-11H2,1H3/b20-13+. The molecule has 118 valence electrons. The molecule has 0 bridgehead atoms. The van der Waals surface area contributed by atoms with Crippen molar-refractivity contribution in [3.05, 3.63) is 48.0 Å². The molecule has 1 fully saturated rings. The van der Waals surface area contributed by atoms with E-state index in [0.29, 0.717) is 0 Å². The van der Waals surface area contributed by atoms with Crippen LogP contribution in [-0.4, -0.2) is 37.0 Å². The van der Waals surface area contributed by atoms with E-state index >= 15 is 0 Å². The van der Waals surface area contributed by atoms with Crippen molar-refractivity contribution < 1.29 is 4.74 Å². The van der Waals surface area contributed by atoms with Gasteiger partial charge in [-0.25, -0.2) is 0 Å². The van der Waals surface area contributed by atoms with Crippen LogP contribution in [0, 0.1) is 0 Å². The monoisotopic (exact) mass is 325 g/mol. The Morgan fingerprint density at radius 1 is 1.09 bits per heavy atom. The van der Waals surface area contributed by atoms with Crippen LogP contribution in [0.4, 0.5) is 11.4 Å². The van der Waals surface area contributed by atoms with Crippen LogP contribution in [0.5, 0.6) is 0 Å². The topological polar surface area (TPSA) is 36.9 Å². The summed E-state index contributed by atoms with van der Waals surface area (Å²) < 4.78 is 5.37. The van der Waals surface area contributed by atoms with Gasteiger partial charge in [0.15, 0.2) is 0 Å². The largest absolute Gasteiger partial charge is 0.378 e. The van der Waals surface area contributed by atoms with Crippen LogP contribution in [-0.2, 0) is 4.74 Å². The van der Waals surface area contributed by atoms with Gasteiger partial charge in [-0.1, -0.05) is 30.0 Å². The van der Waals surface area contributed by atoms with Gasteiger partial charge in [-0.15, -0.1) is 0 Å². The van der Waals surface area contributed by atoms with Crippen molar-refractivity contribution in [1.82, 2.24) is 5.01 Å². The average Bonchev–Trinajstić information content (AvgIpc) is 2.60. The lowest BCUT2D eigenvalue weighted by molar-refractivity contribution is 0.0393. The fourth-order valence-corrected chi connectivity index (χ4v) is 3.76. The van der Waals surface area contributed by atoms with Crippen LogP contribution < -0.4 is 5.32 Å². The zero-order valence-corrected chi connectivity index (χ0v) is 13.9. The Labute approximate surface area is 140 Å². The summed E-state index contributed by atoms with van der Waals surface area (Å²) in [5, 5.41) is 10.4. The molecule has 23 heavy (non-hydrogen) atoms. The van der Waals surface area contributed by atoms with Crippen LogP contribution >= 0.6 is 11.8 Å². The molecular formula is C18H19N3OS. The summed E-state index contributed by atoms with van der Waals surface area (Å²) in [5.74, 6) is 0. The quantitative estimate of drug-likeness (QED) is 0.724. The van der Waals surface area contributed by atoms with E-state index < -0.39 is 0 Å². The maximum atomic E-state index is 5.37. The normalized spacial score (nSPS) is 17.3. The zero-order valence-electron chi connectivity index (χ0n) is 13.1. The molecule has 2 heterocycles. The molecule has 0 aliphatic carbocycles. The number of hydrogen-bond acceptors (Lipinski definition) is 5. The number of nitrogens with zero attached hydrogens (tertiary/aromatic N) is 2. The second-order valence-corrected chi connectivity index (χ2v) is 6.77. The van der Waals surface area contributed by atoms with Gasteiger partial charge in [0.05, 0.1) is 43.4 Å². The number of nitrogens with one attached hydrogen (secondary N) is 1. The summed E-state index contributed by atoms with van der Waals surface area (Å²) >= 11 is 1.81. The molecule has 0 atom stereocenters. The number of hydrazone groups is 1. The molecule has 2 aliphatic heterocycles. The third-order valence-electron chi connectivity index (χ3n) is 4.05. The summed E-state index contributed by atoms with van der Waals surface area (Å²) in [6.07, 6.45) is 0. The Kier molecular flexibility index (Phi) is 3.97. The molecule has 0 unspecified atom stereocenters. The summed E-state index contributed by atoms with van der Waals surface area (Å²) in [5.41, 5.74) is 4.52. The molecule has 0 amide bonds. The minimum absolute atomic E-state index is 0.760. The Morgan fingerprint density at radius 2 is 1.87 bits per heavy atom. The minimum Gasteiger partial charge on any atom is -0.378 e. The summed E-state index contributed by atoms with van der Waals surface area (Å²) in [6, 6.07) is 14.9. The lowest BCUT2D eigenvalue weighted by Crippen LogP contribution is -2.33. The molecular weight excluding hydrogens is 306 g/mol. The maximum absolute atomic E-state index is 5.37. The predicted octanol–water partition coefficient (Wildman–Crippen LogP) is 3.95. The van der Waals surface area contributed by atoms with Crippen LogP contribution in [0.1, 0.15) is 12.5 Å². The number of anilines is 2. The van der Waals surface area contributed by atoms with Crippen molar-refractivity contribution in [2.45, 2.75) is 16.7 Å². The Balaban J connectivity index is 1.59. The molecule has 0 aromatic heterocycles. The van der Waals surface area contributed by atoms with E-state index in [-0.39, 0.29) is 0 Å². The molecule has 0 spiro atoms. The van der Waals surface area contributed by atoms with Crippen LogP contribution in [0.2, 0.25) is 0 Å². The van der Waals surface area contributed by atoms with E-state index in [1.807, 2.05) is 11.8 Å². The number of benzene rings is 2. The fourth-order valence-electron chi connectivity index (χ4n) is 2.79. The molecule has 0 saturated carbocycles. The van der Waals surface area contributed by atoms with E-state index in [1.165, 1.54) is 15.5 Å². The van der Waals surface area contributed by atoms with Gasteiger partial charge in [-0.2, -0.15) is 5.10 Å². The van der Waals surface area contributed by atoms with Gasteiger partial charge in [-0.3, -0.25) is 5.01 Å². The highest BCUT2D eigenvalue weighted by molar-refractivity contribution is 7.99. The van der Waals surface area contributed by atoms with Gasteiger partial charge in [0.2, 0.25) is 0 Å². The average molecular weight is 325 g/mol. The van der Waals surface area contributed by atoms with E-state index in [9.17, 15) is 0 Å². The molecule has 2 aromatic carbocycles. The maximum Gasteiger partial charge on any atom is 0.0659 e. The van der Waals surface area contributed by atoms with E-state index in [0.717, 1.165) is 43.3 Å². The molecule has 4 rings (SSSR count). The summed E-state index contributed by atoms with van der Waals surface area (Å²) in [7, 11) is 0. The third kappa shape index (κ3) is 3.07. The third-order valence-corrected chi connectivity index (χ3v) is 5.20. The lowest BCUT2D eigenvalue weighted by Gasteiger charge is -2.25. The number of rotatable bonds is 2. The molecule has 2 aromatic rings. The molecule has 4 nitrogen and oxygen atoms in total. The fraction of sp³-hybridized carbons (Fsp3) is 0.278. The van der Waals surface area contributed by atoms with Gasteiger partial charge in [0.25, 0.3) is 0 Å². The number of morpholine rings is 1. The van der Waals surface area contributed by atoms with Gasteiger partial charge in [0.1, 0.15) is 0 Å². The van der Waals surface area contributed by atoms with Crippen molar-refractivity contribution in [2.24, 2.45) is 5.10 Å². The van der Waals surface area contributed by atoms with Gasteiger partial charge >= 0.3 is 0 Å². The van der Waals surface area contributed by atoms with E-state index in [1.54, 1.807) is 0 Å². The first kappa shape index (κ1) is 14.6. The Morgan fingerprint density at radius 3 is 2.74 bits per heavy atom. The second kappa shape index (κ2) is 6.26. The zero-order chi connectivity index (χ0) is 15.6. The highest BCUT2D eigenvalue weighted by Crippen LogP contribution is 2.44. The van der Waals surface area contributed by atoms with Gasteiger partial charge < -0.3 is 10.1 Å². The lowest BCUT2D eigenvalue weighted by atomic mass is 10.1.